The fourth-order valence-electron chi connectivity index (χ4n) is 10.5. The maximum atomic E-state index is 6.60. The maximum Gasteiger partial charge on any atom is 0.136 e. The van der Waals surface area contributed by atoms with Crippen molar-refractivity contribution in [3.63, 3.8) is 0 Å². The molecule has 0 amide bonds. The van der Waals surface area contributed by atoms with Gasteiger partial charge in [-0.1, -0.05) is 158 Å². The second-order valence-electron chi connectivity index (χ2n) is 15.5. The molecule has 56 heavy (non-hydrogen) atoms. The number of furan rings is 1. The van der Waals surface area contributed by atoms with Crippen molar-refractivity contribution in [3.8, 4) is 44.5 Å². The lowest BCUT2D eigenvalue weighted by molar-refractivity contribution is 0.669. The predicted molar refractivity (Wildman–Crippen MR) is 233 cm³/mol. The van der Waals surface area contributed by atoms with Crippen LogP contribution in [0.5, 0.6) is 0 Å². The maximum absolute atomic E-state index is 6.60. The van der Waals surface area contributed by atoms with E-state index >= 15 is 0 Å². The summed E-state index contributed by atoms with van der Waals surface area (Å²) >= 11 is 0. The Hall–Kier alpha value is -7.22. The molecule has 11 aromatic rings. The molecule has 0 saturated carbocycles. The molecule has 1 spiro atoms. The Morgan fingerprint density at radius 1 is 0.321 bits per heavy atom. The molecule has 2 aliphatic rings. The zero-order chi connectivity index (χ0) is 36.5. The van der Waals surface area contributed by atoms with Gasteiger partial charge in [0.2, 0.25) is 0 Å². The first kappa shape index (κ1) is 30.1. The van der Waals surface area contributed by atoms with Crippen LogP contribution in [0.4, 0.5) is 0 Å². The van der Waals surface area contributed by atoms with Crippen molar-refractivity contribution in [1.29, 1.82) is 0 Å². The molecule has 0 N–H and O–H groups in total. The van der Waals surface area contributed by atoms with Gasteiger partial charge in [0.05, 0.1) is 5.41 Å². The third kappa shape index (κ3) is 3.84. The SMILES string of the molecule is c1ccc2c(c1)-c1ccccc1C21c2cc(-c3cccc4oc5cc6ccccc6cc5c34)ccc2-c2c1c(-c1ccc3ccccc3c1)cc1ccccc21. The molecule has 1 heterocycles. The van der Waals surface area contributed by atoms with Crippen LogP contribution in [0, 0.1) is 0 Å². The highest BCUT2D eigenvalue weighted by atomic mass is 16.3. The van der Waals surface area contributed by atoms with Crippen molar-refractivity contribution in [1.82, 2.24) is 0 Å². The largest absolute Gasteiger partial charge is 0.456 e. The molecular weight excluding hydrogens is 677 g/mol. The summed E-state index contributed by atoms with van der Waals surface area (Å²) in [5, 5.41) is 9.75. The minimum Gasteiger partial charge on any atom is -0.456 e. The second kappa shape index (κ2) is 10.9. The topological polar surface area (TPSA) is 13.1 Å². The Balaban J connectivity index is 1.18. The lowest BCUT2D eigenvalue weighted by atomic mass is 9.68. The quantitative estimate of drug-likeness (QED) is 0.174. The molecular formula is C55H32O. The van der Waals surface area contributed by atoms with Crippen LogP contribution in [-0.4, -0.2) is 0 Å². The summed E-state index contributed by atoms with van der Waals surface area (Å²) in [6, 6.07) is 72.3. The standard InChI is InChI=1S/C55H32O/c1-2-13-34-28-38(25-24-33(34)12-1)45-30-37-16-5-6-17-41(37)53-44-27-26-39(40-20-11-23-50-52(40)46-29-35-14-3-4-15-36(35)32-51(46)56-50)31-49(44)55(54(45)53)47-21-9-7-18-42(47)43-19-8-10-22-48(43)55/h1-32H. The number of hydrogen-bond acceptors (Lipinski definition) is 1. The zero-order valence-corrected chi connectivity index (χ0v) is 30.4. The minimum atomic E-state index is -0.540. The monoisotopic (exact) mass is 708 g/mol. The van der Waals surface area contributed by atoms with Gasteiger partial charge in [-0.3, -0.25) is 0 Å². The van der Waals surface area contributed by atoms with Crippen LogP contribution in [0.2, 0.25) is 0 Å². The first-order valence-electron chi connectivity index (χ1n) is 19.5. The molecule has 0 atom stereocenters. The molecule has 1 heteroatoms. The van der Waals surface area contributed by atoms with E-state index in [1.807, 2.05) is 0 Å². The van der Waals surface area contributed by atoms with Gasteiger partial charge in [0.25, 0.3) is 0 Å². The Morgan fingerprint density at radius 3 is 1.71 bits per heavy atom. The summed E-state index contributed by atoms with van der Waals surface area (Å²) in [4.78, 5) is 0. The number of hydrogen-bond donors (Lipinski definition) is 0. The van der Waals surface area contributed by atoms with Gasteiger partial charge >= 0.3 is 0 Å². The van der Waals surface area contributed by atoms with E-state index in [4.69, 9.17) is 4.42 Å². The first-order valence-corrected chi connectivity index (χ1v) is 19.5. The molecule has 10 aromatic carbocycles. The van der Waals surface area contributed by atoms with Crippen molar-refractivity contribution in [2.45, 2.75) is 5.41 Å². The van der Waals surface area contributed by atoms with Gasteiger partial charge in [0.15, 0.2) is 0 Å². The molecule has 0 bridgehead atoms. The van der Waals surface area contributed by atoms with Crippen LogP contribution in [-0.2, 0) is 5.41 Å². The normalized spacial score (nSPS) is 13.5. The van der Waals surface area contributed by atoms with Gasteiger partial charge < -0.3 is 4.42 Å². The third-order valence-corrected chi connectivity index (χ3v) is 12.8. The Morgan fingerprint density at radius 2 is 0.929 bits per heavy atom. The molecule has 0 radical (unpaired) electrons. The average molecular weight is 709 g/mol. The van der Waals surface area contributed by atoms with E-state index in [9.17, 15) is 0 Å². The van der Waals surface area contributed by atoms with Gasteiger partial charge in [0.1, 0.15) is 11.2 Å². The van der Waals surface area contributed by atoms with Crippen molar-refractivity contribution >= 4 is 54.3 Å². The highest BCUT2D eigenvalue weighted by molar-refractivity contribution is 6.16. The van der Waals surface area contributed by atoms with E-state index in [-0.39, 0.29) is 0 Å². The molecule has 258 valence electrons. The van der Waals surface area contributed by atoms with E-state index in [1.165, 1.54) is 99.1 Å². The molecule has 0 unspecified atom stereocenters. The third-order valence-electron chi connectivity index (χ3n) is 12.8. The summed E-state index contributed by atoms with van der Waals surface area (Å²) in [6.45, 7) is 0. The molecule has 1 aromatic heterocycles. The highest BCUT2D eigenvalue weighted by Crippen LogP contribution is 2.66. The molecule has 1 nitrogen and oxygen atoms in total. The zero-order valence-electron chi connectivity index (χ0n) is 30.4. The van der Waals surface area contributed by atoms with E-state index in [0.717, 1.165) is 21.9 Å². The fraction of sp³-hybridized carbons (Fsp3) is 0.0182. The average Bonchev–Trinajstić information content (AvgIpc) is 3.89. The summed E-state index contributed by atoms with van der Waals surface area (Å²) in [7, 11) is 0. The van der Waals surface area contributed by atoms with Gasteiger partial charge in [0, 0.05) is 10.8 Å². The Labute approximate surface area is 323 Å². The van der Waals surface area contributed by atoms with Crippen LogP contribution in [0.25, 0.3) is 98.8 Å². The summed E-state index contributed by atoms with van der Waals surface area (Å²) < 4.78 is 6.60. The van der Waals surface area contributed by atoms with E-state index in [1.54, 1.807) is 0 Å². The summed E-state index contributed by atoms with van der Waals surface area (Å²) in [5.41, 5.74) is 16.8. The Bertz CT molecular complexity index is 3440. The van der Waals surface area contributed by atoms with Gasteiger partial charge in [-0.2, -0.15) is 0 Å². The van der Waals surface area contributed by atoms with Crippen LogP contribution >= 0.6 is 0 Å². The smallest absolute Gasteiger partial charge is 0.136 e. The van der Waals surface area contributed by atoms with Gasteiger partial charge in [-0.15, -0.1) is 0 Å². The molecule has 0 saturated heterocycles. The van der Waals surface area contributed by atoms with E-state index < -0.39 is 5.41 Å². The van der Waals surface area contributed by atoms with Crippen LogP contribution in [0.1, 0.15) is 22.3 Å². The second-order valence-corrected chi connectivity index (χ2v) is 15.5. The van der Waals surface area contributed by atoms with Crippen LogP contribution < -0.4 is 0 Å². The number of fused-ring (bicyclic) bond motifs is 17. The fourth-order valence-corrected chi connectivity index (χ4v) is 10.5. The molecule has 2 aliphatic carbocycles. The summed E-state index contributed by atoms with van der Waals surface area (Å²) in [6.07, 6.45) is 0. The molecule has 13 rings (SSSR count). The van der Waals surface area contributed by atoms with E-state index in [0.29, 0.717) is 0 Å². The van der Waals surface area contributed by atoms with Crippen LogP contribution in [0.15, 0.2) is 199 Å². The van der Waals surface area contributed by atoms with Crippen LogP contribution in [0.3, 0.4) is 0 Å². The van der Waals surface area contributed by atoms with Crippen molar-refractivity contribution in [3.05, 3.63) is 216 Å². The van der Waals surface area contributed by atoms with Gasteiger partial charge in [-0.05, 0) is 135 Å². The lowest BCUT2D eigenvalue weighted by Gasteiger charge is -2.33. The number of rotatable bonds is 2. The number of benzene rings is 10. The van der Waals surface area contributed by atoms with Crippen molar-refractivity contribution < 1.29 is 4.42 Å². The lowest BCUT2D eigenvalue weighted by Crippen LogP contribution is -2.26. The van der Waals surface area contributed by atoms with E-state index in [2.05, 4.69) is 194 Å². The highest BCUT2D eigenvalue weighted by Gasteiger charge is 2.53. The summed E-state index contributed by atoms with van der Waals surface area (Å²) in [5.74, 6) is 0. The first-order chi connectivity index (χ1) is 27.8. The van der Waals surface area contributed by atoms with Gasteiger partial charge in [-0.25, -0.2) is 0 Å². The Kier molecular flexibility index (Phi) is 5.89. The minimum absolute atomic E-state index is 0.540. The van der Waals surface area contributed by atoms with Crippen molar-refractivity contribution in [2.75, 3.05) is 0 Å². The molecule has 0 aliphatic heterocycles. The van der Waals surface area contributed by atoms with Crippen molar-refractivity contribution in [2.24, 2.45) is 0 Å². The predicted octanol–water partition coefficient (Wildman–Crippen LogP) is 14.7. The molecule has 0 fully saturated rings.